The number of rotatable bonds is 2. The molecule has 0 fully saturated rings. The second-order valence-corrected chi connectivity index (χ2v) is 3.39. The molecule has 0 saturated heterocycles. The Morgan fingerprint density at radius 1 is 1.28 bits per heavy atom. The van der Waals surface area contributed by atoms with Gasteiger partial charge in [0.15, 0.2) is 0 Å². The van der Waals surface area contributed by atoms with Gasteiger partial charge < -0.3 is 0 Å². The SMILES string of the molecule is O=C1CC=NN1N=Nc1ccccc1C(F)(F)F. The monoisotopic (exact) mass is 256 g/mol. The van der Waals surface area contributed by atoms with Crippen molar-refractivity contribution >= 4 is 17.8 Å². The summed E-state index contributed by atoms with van der Waals surface area (Å²) in [7, 11) is 0. The molecule has 1 aliphatic heterocycles. The molecule has 0 aromatic heterocycles. The smallest absolute Gasteiger partial charge is 0.270 e. The van der Waals surface area contributed by atoms with Gasteiger partial charge in [0.25, 0.3) is 5.91 Å². The lowest BCUT2D eigenvalue weighted by molar-refractivity contribution is -0.137. The molecule has 0 spiro atoms. The highest BCUT2D eigenvalue weighted by Gasteiger charge is 2.33. The molecular weight excluding hydrogens is 249 g/mol. The molecule has 1 aromatic carbocycles. The maximum Gasteiger partial charge on any atom is 0.418 e. The lowest BCUT2D eigenvalue weighted by atomic mass is 10.2. The first-order valence-electron chi connectivity index (χ1n) is 4.92. The van der Waals surface area contributed by atoms with E-state index in [2.05, 4.69) is 15.4 Å². The molecule has 1 heterocycles. The molecule has 0 bridgehead atoms. The third kappa shape index (κ3) is 2.53. The Labute approximate surface area is 99.6 Å². The molecule has 0 unspecified atom stereocenters. The van der Waals surface area contributed by atoms with Crippen LogP contribution in [0.4, 0.5) is 18.9 Å². The van der Waals surface area contributed by atoms with E-state index in [0.717, 1.165) is 12.1 Å². The minimum atomic E-state index is -4.52. The Bertz CT molecular complexity index is 524. The van der Waals surface area contributed by atoms with Gasteiger partial charge in [-0.25, -0.2) is 0 Å². The van der Waals surface area contributed by atoms with Crippen LogP contribution >= 0.6 is 0 Å². The van der Waals surface area contributed by atoms with Gasteiger partial charge >= 0.3 is 6.18 Å². The van der Waals surface area contributed by atoms with Gasteiger partial charge in [0.1, 0.15) is 0 Å². The number of amides is 1. The van der Waals surface area contributed by atoms with E-state index in [1.807, 2.05) is 0 Å². The predicted molar refractivity (Wildman–Crippen MR) is 55.9 cm³/mol. The first kappa shape index (κ1) is 12.2. The van der Waals surface area contributed by atoms with Crippen molar-refractivity contribution in [2.24, 2.45) is 15.4 Å². The summed E-state index contributed by atoms with van der Waals surface area (Å²) in [5.74, 6) is -0.441. The second kappa shape index (κ2) is 4.55. The minimum absolute atomic E-state index is 0.0694. The quantitative estimate of drug-likeness (QED) is 0.750. The molecule has 0 aliphatic carbocycles. The molecule has 1 aliphatic rings. The van der Waals surface area contributed by atoms with Crippen molar-refractivity contribution in [1.29, 1.82) is 0 Å². The molecule has 2 rings (SSSR count). The van der Waals surface area contributed by atoms with Crippen molar-refractivity contribution in [2.45, 2.75) is 12.6 Å². The molecule has 0 radical (unpaired) electrons. The number of carbonyl (C=O) groups is 1. The van der Waals surface area contributed by atoms with Crippen LogP contribution < -0.4 is 0 Å². The van der Waals surface area contributed by atoms with Gasteiger partial charge in [-0.05, 0) is 17.4 Å². The Balaban J connectivity index is 2.27. The van der Waals surface area contributed by atoms with Crippen molar-refractivity contribution < 1.29 is 18.0 Å². The van der Waals surface area contributed by atoms with Crippen LogP contribution in [-0.4, -0.2) is 17.2 Å². The van der Waals surface area contributed by atoms with Crippen molar-refractivity contribution in [3.63, 3.8) is 0 Å². The topological polar surface area (TPSA) is 57.4 Å². The summed E-state index contributed by atoms with van der Waals surface area (Å²) in [6.45, 7) is 0. The van der Waals surface area contributed by atoms with Crippen molar-refractivity contribution in [2.75, 3.05) is 0 Å². The lowest BCUT2D eigenvalue weighted by Crippen LogP contribution is -2.13. The van der Waals surface area contributed by atoms with Gasteiger partial charge in [-0.3, -0.25) is 4.79 Å². The van der Waals surface area contributed by atoms with Crippen molar-refractivity contribution in [3.8, 4) is 0 Å². The average Bonchev–Trinajstić information content (AvgIpc) is 2.71. The van der Waals surface area contributed by atoms with E-state index in [9.17, 15) is 18.0 Å². The predicted octanol–water partition coefficient (Wildman–Crippen LogP) is 2.92. The van der Waals surface area contributed by atoms with Gasteiger partial charge in [-0.1, -0.05) is 17.3 Å². The van der Waals surface area contributed by atoms with E-state index < -0.39 is 17.6 Å². The van der Waals surface area contributed by atoms with E-state index in [-0.39, 0.29) is 12.1 Å². The van der Waals surface area contributed by atoms with Crippen molar-refractivity contribution in [3.05, 3.63) is 29.8 Å². The fourth-order valence-corrected chi connectivity index (χ4v) is 1.31. The number of hydrogen-bond acceptors (Lipinski definition) is 4. The van der Waals surface area contributed by atoms with E-state index in [4.69, 9.17) is 0 Å². The molecule has 94 valence electrons. The van der Waals surface area contributed by atoms with Gasteiger partial charge in [0.2, 0.25) is 0 Å². The van der Waals surface area contributed by atoms with Crippen LogP contribution in [0, 0.1) is 0 Å². The Kier molecular flexibility index (Phi) is 3.09. The van der Waals surface area contributed by atoms with Crippen LogP contribution in [0.25, 0.3) is 0 Å². The molecule has 0 atom stereocenters. The number of carbonyl (C=O) groups excluding carboxylic acids is 1. The Morgan fingerprint density at radius 3 is 2.61 bits per heavy atom. The highest BCUT2D eigenvalue weighted by atomic mass is 19.4. The Hall–Kier alpha value is -2.25. The van der Waals surface area contributed by atoms with E-state index >= 15 is 0 Å². The molecule has 1 aromatic rings. The summed E-state index contributed by atoms with van der Waals surface area (Å²) < 4.78 is 37.8. The fourth-order valence-electron chi connectivity index (χ4n) is 1.31. The maximum atomic E-state index is 12.6. The van der Waals surface area contributed by atoms with Crippen molar-refractivity contribution in [1.82, 2.24) is 5.12 Å². The zero-order valence-corrected chi connectivity index (χ0v) is 8.92. The van der Waals surface area contributed by atoms with Gasteiger partial charge in [0, 0.05) is 6.21 Å². The highest BCUT2D eigenvalue weighted by Crippen LogP contribution is 2.36. The highest BCUT2D eigenvalue weighted by molar-refractivity contribution is 5.93. The zero-order valence-electron chi connectivity index (χ0n) is 8.92. The normalized spacial score (nSPS) is 15.9. The number of hydrogen-bond donors (Lipinski definition) is 0. The number of halogens is 3. The summed E-state index contributed by atoms with van der Waals surface area (Å²) in [4.78, 5) is 11.1. The van der Waals surface area contributed by atoms with E-state index in [1.54, 1.807) is 0 Å². The third-order valence-corrected chi connectivity index (χ3v) is 2.13. The van der Waals surface area contributed by atoms with Crippen LogP contribution in [0.3, 0.4) is 0 Å². The van der Waals surface area contributed by atoms with Crippen LogP contribution in [0.5, 0.6) is 0 Å². The summed E-state index contributed by atoms with van der Waals surface area (Å²) in [5.41, 5.74) is -1.27. The van der Waals surface area contributed by atoms with Crippen LogP contribution in [0.15, 0.2) is 39.7 Å². The number of benzene rings is 1. The number of hydrazone groups is 1. The summed E-state index contributed by atoms with van der Waals surface area (Å²) in [6, 6.07) is 4.71. The maximum absolute atomic E-state index is 12.6. The van der Waals surface area contributed by atoms with Crippen LogP contribution in [0.1, 0.15) is 12.0 Å². The molecule has 0 N–H and O–H groups in total. The molecule has 1 amide bonds. The number of alkyl halides is 3. The largest absolute Gasteiger partial charge is 0.418 e. The van der Waals surface area contributed by atoms with Crippen LogP contribution in [-0.2, 0) is 11.0 Å². The number of nitrogens with zero attached hydrogens (tertiary/aromatic N) is 4. The summed E-state index contributed by atoms with van der Waals surface area (Å²) in [6.07, 6.45) is -3.15. The first-order valence-corrected chi connectivity index (χ1v) is 4.92. The standard InChI is InChI=1S/C10H7F3N4O/c11-10(12,13)7-3-1-2-4-8(7)15-16-17-9(18)5-6-14-17/h1-4,6H,5H2. The van der Waals surface area contributed by atoms with E-state index in [0.29, 0.717) is 5.12 Å². The zero-order chi connectivity index (χ0) is 13.2. The molecule has 5 nitrogen and oxygen atoms in total. The third-order valence-electron chi connectivity index (χ3n) is 2.13. The molecule has 8 heteroatoms. The van der Waals surface area contributed by atoms with Gasteiger partial charge in [-0.15, -0.1) is 5.11 Å². The van der Waals surface area contributed by atoms with Crippen LogP contribution in [0.2, 0.25) is 0 Å². The molecular formula is C10H7F3N4O. The molecule has 18 heavy (non-hydrogen) atoms. The van der Waals surface area contributed by atoms with Gasteiger partial charge in [-0.2, -0.15) is 18.3 Å². The molecule has 0 saturated carbocycles. The fraction of sp³-hybridized carbons (Fsp3) is 0.200. The average molecular weight is 256 g/mol. The Morgan fingerprint density at radius 2 is 2.00 bits per heavy atom. The lowest BCUT2D eigenvalue weighted by Gasteiger charge is -2.08. The minimum Gasteiger partial charge on any atom is -0.270 e. The second-order valence-electron chi connectivity index (χ2n) is 3.39. The van der Waals surface area contributed by atoms with E-state index in [1.165, 1.54) is 18.3 Å². The summed E-state index contributed by atoms with van der Waals surface area (Å²) in [5, 5.41) is 11.0. The first-order chi connectivity index (χ1) is 8.48. The summed E-state index contributed by atoms with van der Waals surface area (Å²) >= 11 is 0. The van der Waals surface area contributed by atoms with Gasteiger partial charge in [0.05, 0.1) is 17.7 Å².